The van der Waals surface area contributed by atoms with Crippen molar-refractivity contribution in [3.8, 4) is 0 Å². The normalized spacial score (nSPS) is 13.7. The summed E-state index contributed by atoms with van der Waals surface area (Å²) in [7, 11) is -0.880. The van der Waals surface area contributed by atoms with Crippen LogP contribution < -0.4 is 5.14 Å². The van der Waals surface area contributed by atoms with Gasteiger partial charge in [-0.25, -0.2) is 0 Å². The molecule has 266 valence electrons. The van der Waals surface area contributed by atoms with E-state index in [2.05, 4.69) is 13.2 Å². The van der Waals surface area contributed by atoms with E-state index in [1.165, 1.54) is 23.5 Å². The molecule has 0 spiro atoms. The van der Waals surface area contributed by atoms with Crippen molar-refractivity contribution in [2.45, 2.75) is 82.1 Å². The molecule has 2 heterocycles. The maximum absolute atomic E-state index is 12.1. The topological polar surface area (TPSA) is 176 Å². The van der Waals surface area contributed by atoms with Crippen molar-refractivity contribution in [3.63, 3.8) is 0 Å². The molecule has 0 amide bonds. The van der Waals surface area contributed by atoms with E-state index in [1.54, 1.807) is 23.5 Å². The minimum absolute atomic E-state index is 0.100. The Hall–Kier alpha value is -2.17. The highest BCUT2D eigenvalue weighted by Crippen LogP contribution is 2.29. The van der Waals surface area contributed by atoms with Crippen LogP contribution in [0.5, 0.6) is 0 Å². The molecule has 0 aliphatic heterocycles. The number of aldehydes is 1. The van der Waals surface area contributed by atoms with Gasteiger partial charge in [-0.05, 0) is 72.2 Å². The minimum Gasteiger partial charge on any atom is -0.598 e. The molecule has 14 heteroatoms. The molecule has 2 rings (SSSR count). The average Bonchev–Trinajstić information content (AvgIpc) is 3.69. The number of thiophene rings is 2. The fourth-order valence-electron chi connectivity index (χ4n) is 3.23. The van der Waals surface area contributed by atoms with Crippen molar-refractivity contribution in [2.75, 3.05) is 32.2 Å². The second kappa shape index (κ2) is 23.2. The van der Waals surface area contributed by atoms with Gasteiger partial charge in [-0.15, -0.1) is 22.7 Å². The molecule has 0 aliphatic rings. The standard InChI is InChI=1S/C17H26O4S2.C12H14O4S.C4H11NOS/c1-5-9-21-16(19)11-13(12-18)15-7-6-14(22-15)8-10-23(20)17(2,3)4;1-2-5-16-12(15)6-9(7-13)11-4-3-10(8-14)17-11;1-4(2,3)7(5)6/h5-7,13,18H,1,8-12H2,2-4H3;2-4,8-9,13H,1,5-7H2;5H2,1-3H3/t13-,23+;9-;/m11./s1. The molecular formula is C33H51NO9S4. The first-order valence-corrected chi connectivity index (χ1v) is 19.0. The van der Waals surface area contributed by atoms with Crippen molar-refractivity contribution < 1.29 is 42.8 Å². The molecule has 0 aliphatic carbocycles. The Bertz CT molecular complexity index is 1260. The second-order valence-corrected chi connectivity index (χ2v) is 18.6. The van der Waals surface area contributed by atoms with Crippen LogP contribution in [0.3, 0.4) is 0 Å². The number of aliphatic hydroxyl groups is 2. The lowest BCUT2D eigenvalue weighted by atomic mass is 10.1. The van der Waals surface area contributed by atoms with E-state index in [-0.39, 0.29) is 72.5 Å². The molecular weight excluding hydrogens is 683 g/mol. The van der Waals surface area contributed by atoms with E-state index < -0.39 is 22.2 Å². The maximum Gasteiger partial charge on any atom is 0.306 e. The van der Waals surface area contributed by atoms with Crippen molar-refractivity contribution >= 4 is 63.1 Å². The van der Waals surface area contributed by atoms with E-state index >= 15 is 0 Å². The fourth-order valence-corrected chi connectivity index (χ4v) is 6.40. The summed E-state index contributed by atoms with van der Waals surface area (Å²) in [6, 6.07) is 7.33. The summed E-state index contributed by atoms with van der Waals surface area (Å²) in [4.78, 5) is 37.0. The van der Waals surface area contributed by atoms with Crippen molar-refractivity contribution in [3.05, 3.63) is 69.1 Å². The van der Waals surface area contributed by atoms with E-state index in [0.717, 1.165) is 27.3 Å². The molecule has 2 aromatic heterocycles. The van der Waals surface area contributed by atoms with Crippen LogP contribution in [0.25, 0.3) is 0 Å². The van der Waals surface area contributed by atoms with Gasteiger partial charge in [-0.2, -0.15) is 5.14 Å². The van der Waals surface area contributed by atoms with Crippen LogP contribution in [-0.2, 0) is 47.6 Å². The summed E-state index contributed by atoms with van der Waals surface area (Å²) in [6.07, 6.45) is 4.75. The summed E-state index contributed by atoms with van der Waals surface area (Å²) in [5, 5.41) is 23.8. The number of esters is 2. The van der Waals surface area contributed by atoms with Crippen LogP contribution in [0.4, 0.5) is 0 Å². The predicted molar refractivity (Wildman–Crippen MR) is 194 cm³/mol. The molecule has 0 bridgehead atoms. The minimum atomic E-state index is -1.18. The summed E-state index contributed by atoms with van der Waals surface area (Å²) in [6.45, 7) is 18.5. The number of carbonyl (C=O) groups is 3. The highest BCUT2D eigenvalue weighted by molar-refractivity contribution is 7.90. The molecule has 4 atom stereocenters. The van der Waals surface area contributed by atoms with Gasteiger partial charge >= 0.3 is 11.9 Å². The van der Waals surface area contributed by atoms with Crippen LogP contribution in [-0.4, -0.2) is 78.9 Å². The molecule has 47 heavy (non-hydrogen) atoms. The zero-order chi connectivity index (χ0) is 36.2. The highest BCUT2D eigenvalue weighted by Gasteiger charge is 2.22. The van der Waals surface area contributed by atoms with Gasteiger partial charge in [0.05, 0.1) is 30.9 Å². The molecule has 2 aromatic rings. The van der Waals surface area contributed by atoms with Crippen LogP contribution in [0.15, 0.2) is 49.6 Å². The van der Waals surface area contributed by atoms with Gasteiger partial charge < -0.3 is 24.2 Å². The van der Waals surface area contributed by atoms with E-state index in [4.69, 9.17) is 14.6 Å². The number of aryl methyl sites for hydroxylation is 1. The van der Waals surface area contributed by atoms with Crippen molar-refractivity contribution in [2.24, 2.45) is 5.14 Å². The second-order valence-electron chi connectivity index (χ2n) is 12.1. The third-order valence-electron chi connectivity index (χ3n) is 6.06. The SMILES string of the molecule is C=CCOC(=O)C[C@H](CO)c1ccc(C=O)s1.C=CCOC(=O)C[C@H](CO)c1ccc(CC[S@](=O)C(C)(C)C)s1.CC(C)(C)[S+](N)[O-]. The number of rotatable bonds is 16. The summed E-state index contributed by atoms with van der Waals surface area (Å²) >= 11 is 1.65. The summed E-state index contributed by atoms with van der Waals surface area (Å²) in [5.41, 5.74) is 0. The third kappa shape index (κ3) is 19.4. The number of hydrogen-bond donors (Lipinski definition) is 3. The van der Waals surface area contributed by atoms with Crippen molar-refractivity contribution in [1.82, 2.24) is 0 Å². The largest absolute Gasteiger partial charge is 0.598 e. The lowest BCUT2D eigenvalue weighted by Gasteiger charge is -2.17. The average molecular weight is 734 g/mol. The monoisotopic (exact) mass is 733 g/mol. The smallest absolute Gasteiger partial charge is 0.306 e. The third-order valence-corrected chi connectivity index (χ3v) is 11.7. The van der Waals surface area contributed by atoms with Gasteiger partial charge in [0, 0.05) is 59.1 Å². The first-order chi connectivity index (χ1) is 21.9. The Morgan fingerprint density at radius 3 is 1.74 bits per heavy atom. The van der Waals surface area contributed by atoms with Gasteiger partial charge in [-0.1, -0.05) is 25.3 Å². The van der Waals surface area contributed by atoms with Crippen LogP contribution in [0.1, 0.15) is 90.5 Å². The number of nitrogens with two attached hydrogens (primary N) is 1. The zero-order valence-corrected chi connectivity index (χ0v) is 31.5. The quantitative estimate of drug-likeness (QED) is 0.0900. The van der Waals surface area contributed by atoms with Crippen LogP contribution in [0.2, 0.25) is 0 Å². The molecule has 4 N–H and O–H groups in total. The molecule has 0 radical (unpaired) electrons. The van der Waals surface area contributed by atoms with Crippen LogP contribution >= 0.6 is 22.7 Å². The van der Waals surface area contributed by atoms with Gasteiger partial charge in [0.25, 0.3) is 0 Å². The van der Waals surface area contributed by atoms with E-state index in [0.29, 0.717) is 10.6 Å². The lowest BCUT2D eigenvalue weighted by molar-refractivity contribution is -0.144. The first kappa shape index (κ1) is 44.8. The van der Waals surface area contributed by atoms with E-state index in [1.807, 2.05) is 53.7 Å². The van der Waals surface area contributed by atoms with Crippen LogP contribution in [0, 0.1) is 0 Å². The number of ether oxygens (including phenoxy) is 2. The summed E-state index contributed by atoms with van der Waals surface area (Å²) in [5.74, 6) is -0.669. The summed E-state index contributed by atoms with van der Waals surface area (Å²) < 4.78 is 31.8. The number of aliphatic hydroxyl groups excluding tert-OH is 2. The Morgan fingerprint density at radius 2 is 1.38 bits per heavy atom. The zero-order valence-electron chi connectivity index (χ0n) is 28.2. The first-order valence-electron chi connectivity index (χ1n) is 14.9. The Labute approximate surface area is 293 Å². The highest BCUT2D eigenvalue weighted by atomic mass is 32.2. The molecule has 0 saturated heterocycles. The number of hydrogen-bond acceptors (Lipinski definition) is 12. The molecule has 10 nitrogen and oxygen atoms in total. The molecule has 0 aromatic carbocycles. The van der Waals surface area contributed by atoms with Gasteiger partial charge in [-0.3, -0.25) is 18.6 Å². The molecule has 1 unspecified atom stereocenters. The lowest BCUT2D eigenvalue weighted by Crippen LogP contribution is -2.34. The van der Waals surface area contributed by atoms with Gasteiger partial charge in [0.2, 0.25) is 0 Å². The Balaban J connectivity index is 0.000000770. The molecule has 0 fully saturated rings. The Morgan fingerprint density at radius 1 is 0.936 bits per heavy atom. The predicted octanol–water partition coefficient (Wildman–Crippen LogP) is 5.20. The van der Waals surface area contributed by atoms with Gasteiger partial charge in [0.1, 0.15) is 18.0 Å². The Kier molecular flexibility index (Phi) is 22.2. The van der Waals surface area contributed by atoms with Crippen molar-refractivity contribution in [1.29, 1.82) is 0 Å². The number of carbonyl (C=O) groups excluding carboxylic acids is 3. The van der Waals surface area contributed by atoms with Gasteiger partial charge in [0.15, 0.2) is 6.29 Å². The molecule has 0 saturated carbocycles. The van der Waals surface area contributed by atoms with E-state index in [9.17, 15) is 33.4 Å². The maximum atomic E-state index is 12.1. The fraction of sp³-hybridized carbons (Fsp3) is 0.545.